The summed E-state index contributed by atoms with van der Waals surface area (Å²) in [7, 11) is 0. The number of unbranched alkanes of at least 4 members (excludes halogenated alkanes) is 1. The summed E-state index contributed by atoms with van der Waals surface area (Å²) in [5.74, 6) is -2.61. The molecule has 4 aromatic heterocycles. The second kappa shape index (κ2) is 16.2. The fourth-order valence-corrected chi connectivity index (χ4v) is 4.97. The summed E-state index contributed by atoms with van der Waals surface area (Å²) in [6.07, 6.45) is 10.5. The predicted molar refractivity (Wildman–Crippen MR) is 186 cm³/mol. The topological polar surface area (TPSA) is 238 Å². The van der Waals surface area contributed by atoms with Gasteiger partial charge in [0.05, 0.1) is 40.7 Å². The maximum atomic E-state index is 12.9. The molecule has 6 rings (SSSR count). The molecule has 18 nitrogen and oxygen atoms in total. The monoisotopic (exact) mass is 738 g/mol. The van der Waals surface area contributed by atoms with Gasteiger partial charge in [-0.05, 0) is 55.3 Å². The Balaban J connectivity index is 1.02. The van der Waals surface area contributed by atoms with Crippen LogP contribution in [0.4, 0.5) is 11.4 Å². The Labute approximate surface area is 304 Å². The number of carbonyl (C=O) groups excluding carboxylic acids is 2. The minimum atomic E-state index is -1.32. The van der Waals surface area contributed by atoms with Crippen LogP contribution in [0.5, 0.6) is 11.5 Å². The molecule has 0 saturated carbocycles. The fraction of sp³-hybridized carbons (Fsp3) is 0.118. The maximum Gasteiger partial charge on any atom is 0.337 e. The van der Waals surface area contributed by atoms with Crippen LogP contribution >= 0.6 is 11.6 Å². The molecular formula is C34H27ClN10O8. The van der Waals surface area contributed by atoms with Crippen LogP contribution in [0.3, 0.4) is 0 Å². The first-order valence-corrected chi connectivity index (χ1v) is 16.0. The number of aromatic nitrogens is 8. The molecular weight excluding hydrogens is 712 g/mol. The van der Waals surface area contributed by atoms with Crippen LogP contribution in [0.15, 0.2) is 92.0 Å². The molecule has 0 atom stereocenters. The molecule has 268 valence electrons. The van der Waals surface area contributed by atoms with Crippen molar-refractivity contribution in [3.63, 3.8) is 0 Å². The maximum absolute atomic E-state index is 12.9. The van der Waals surface area contributed by atoms with E-state index in [0.29, 0.717) is 30.2 Å². The van der Waals surface area contributed by atoms with Crippen LogP contribution < -0.4 is 20.1 Å². The number of imidazole rings is 2. The third-order valence-corrected chi connectivity index (χ3v) is 7.68. The van der Waals surface area contributed by atoms with Gasteiger partial charge in [-0.2, -0.15) is 0 Å². The number of benzene rings is 2. The summed E-state index contributed by atoms with van der Waals surface area (Å²) in [5, 5.41) is 40.3. The SMILES string of the molecule is O=C(Nc1cc(OCCCCOc2cc(NC(=O)c3ccc(-n4ccnc4)nn3)c(C(=O)O)cc2Cl)ccc1C(=O)O)c1ccc(-n2ccnc2)nn1. The highest BCUT2D eigenvalue weighted by molar-refractivity contribution is 6.32. The Kier molecular flexibility index (Phi) is 10.9. The number of ether oxygens (including phenoxy) is 2. The van der Waals surface area contributed by atoms with E-state index >= 15 is 0 Å². The standard InChI is InChI=1S/C34H27ClN10O8/c35-23-16-22(34(50)51)27(39-32(47)25-6-8-30(43-41-25)45-12-10-37-19-45)17-28(23)53-14-2-1-13-52-20-3-4-21(33(48)49)26(15-20)38-31(46)24-5-7-29(42-40-24)44-11-9-36-18-44/h3-12,15-19H,1-2,13-14H2,(H,38,46)(H,39,47)(H,48,49)(H,50,51). The number of rotatable bonds is 15. The first-order valence-electron chi connectivity index (χ1n) is 15.6. The fourth-order valence-electron chi connectivity index (χ4n) is 4.75. The van der Waals surface area contributed by atoms with Crippen LogP contribution in [-0.4, -0.2) is 86.7 Å². The summed E-state index contributed by atoms with van der Waals surface area (Å²) < 4.78 is 14.8. The lowest BCUT2D eigenvalue weighted by Crippen LogP contribution is -2.17. The third-order valence-electron chi connectivity index (χ3n) is 7.39. The number of carboxylic acid groups (broad SMARTS) is 2. The number of carbonyl (C=O) groups is 4. The Bertz CT molecular complexity index is 2250. The zero-order valence-electron chi connectivity index (χ0n) is 27.3. The number of nitrogens with one attached hydrogen (secondary N) is 2. The minimum absolute atomic E-state index is 0.00436. The largest absolute Gasteiger partial charge is 0.494 e. The summed E-state index contributed by atoms with van der Waals surface area (Å²) >= 11 is 6.30. The number of carboxylic acids is 2. The van der Waals surface area contributed by atoms with E-state index in [1.54, 1.807) is 46.1 Å². The van der Waals surface area contributed by atoms with Gasteiger partial charge in [-0.15, -0.1) is 20.4 Å². The first kappa shape index (κ1) is 35.6. The van der Waals surface area contributed by atoms with E-state index in [0.717, 1.165) is 0 Å². The van der Waals surface area contributed by atoms with Crippen molar-refractivity contribution in [1.82, 2.24) is 39.5 Å². The molecule has 0 spiro atoms. The molecule has 0 fully saturated rings. The van der Waals surface area contributed by atoms with Crippen LogP contribution in [-0.2, 0) is 0 Å². The number of hydrogen-bond donors (Lipinski definition) is 4. The van der Waals surface area contributed by atoms with Crippen molar-refractivity contribution < 1.29 is 38.9 Å². The van der Waals surface area contributed by atoms with Crippen molar-refractivity contribution >= 4 is 46.7 Å². The second-order valence-electron chi connectivity index (χ2n) is 11.0. The van der Waals surface area contributed by atoms with E-state index in [2.05, 4.69) is 41.0 Å². The molecule has 53 heavy (non-hydrogen) atoms. The number of hydrogen-bond acceptors (Lipinski definition) is 12. The van der Waals surface area contributed by atoms with Crippen molar-refractivity contribution in [2.75, 3.05) is 23.8 Å². The molecule has 0 aliphatic rings. The molecule has 0 aliphatic carbocycles. The van der Waals surface area contributed by atoms with Gasteiger partial charge in [0.25, 0.3) is 11.8 Å². The molecule has 0 saturated heterocycles. The molecule has 4 N–H and O–H groups in total. The highest BCUT2D eigenvalue weighted by Crippen LogP contribution is 2.32. The van der Waals surface area contributed by atoms with Crippen LogP contribution in [0.2, 0.25) is 5.02 Å². The van der Waals surface area contributed by atoms with Gasteiger partial charge in [-0.25, -0.2) is 19.6 Å². The highest BCUT2D eigenvalue weighted by atomic mass is 35.5. The Hall–Kier alpha value is -7.21. The molecule has 0 unspecified atom stereocenters. The summed E-state index contributed by atoms with van der Waals surface area (Å²) in [4.78, 5) is 57.4. The average molecular weight is 739 g/mol. The number of nitrogens with zero attached hydrogens (tertiary/aromatic N) is 8. The quantitative estimate of drug-likeness (QED) is 0.107. The molecule has 0 bridgehead atoms. The molecule has 0 aliphatic heterocycles. The van der Waals surface area contributed by atoms with Gasteiger partial charge < -0.3 is 30.3 Å². The van der Waals surface area contributed by atoms with E-state index in [9.17, 15) is 29.4 Å². The number of halogens is 1. The smallest absolute Gasteiger partial charge is 0.337 e. The third kappa shape index (κ3) is 8.75. The Morgan fingerprint density at radius 3 is 1.70 bits per heavy atom. The lowest BCUT2D eigenvalue weighted by molar-refractivity contribution is 0.0686. The van der Waals surface area contributed by atoms with Crippen molar-refractivity contribution in [3.05, 3.63) is 120 Å². The molecule has 19 heteroatoms. The number of amides is 2. The summed E-state index contributed by atoms with van der Waals surface area (Å²) in [6.45, 7) is 0.363. The van der Waals surface area contributed by atoms with Gasteiger partial charge in [0, 0.05) is 36.9 Å². The van der Waals surface area contributed by atoms with Crippen molar-refractivity contribution in [1.29, 1.82) is 0 Å². The van der Waals surface area contributed by atoms with E-state index in [-0.39, 0.29) is 57.9 Å². The normalized spacial score (nSPS) is 10.7. The van der Waals surface area contributed by atoms with E-state index in [4.69, 9.17) is 21.1 Å². The van der Waals surface area contributed by atoms with E-state index in [1.807, 2.05) is 0 Å². The van der Waals surface area contributed by atoms with Gasteiger partial charge in [-0.1, -0.05) is 11.6 Å². The van der Waals surface area contributed by atoms with Crippen molar-refractivity contribution in [3.8, 4) is 23.1 Å². The lowest BCUT2D eigenvalue weighted by Gasteiger charge is -2.14. The zero-order valence-corrected chi connectivity index (χ0v) is 28.0. The second-order valence-corrected chi connectivity index (χ2v) is 11.4. The van der Waals surface area contributed by atoms with Crippen molar-refractivity contribution in [2.45, 2.75) is 12.8 Å². The van der Waals surface area contributed by atoms with Crippen LogP contribution in [0, 0.1) is 0 Å². The predicted octanol–water partition coefficient (Wildman–Crippen LogP) is 4.43. The number of anilines is 2. The van der Waals surface area contributed by atoms with Gasteiger partial charge in [0.1, 0.15) is 24.2 Å². The number of aromatic carboxylic acids is 2. The Morgan fingerprint density at radius 1 is 0.660 bits per heavy atom. The molecule has 0 radical (unpaired) electrons. The highest BCUT2D eigenvalue weighted by Gasteiger charge is 2.20. The minimum Gasteiger partial charge on any atom is -0.494 e. The van der Waals surface area contributed by atoms with Crippen LogP contribution in [0.25, 0.3) is 11.6 Å². The summed E-state index contributed by atoms with van der Waals surface area (Å²) in [6, 6.07) is 12.7. The van der Waals surface area contributed by atoms with Crippen molar-refractivity contribution in [2.24, 2.45) is 0 Å². The molecule has 6 aromatic rings. The van der Waals surface area contributed by atoms with Gasteiger partial charge in [-0.3, -0.25) is 18.7 Å². The van der Waals surface area contributed by atoms with Crippen LogP contribution in [0.1, 0.15) is 54.5 Å². The Morgan fingerprint density at radius 2 is 1.21 bits per heavy atom. The molecule has 2 aromatic carbocycles. The van der Waals surface area contributed by atoms with Gasteiger partial charge in [0.15, 0.2) is 23.0 Å². The van der Waals surface area contributed by atoms with Gasteiger partial charge in [0.2, 0.25) is 0 Å². The summed E-state index contributed by atoms with van der Waals surface area (Å²) in [5.41, 5.74) is -0.551. The van der Waals surface area contributed by atoms with E-state index < -0.39 is 23.8 Å². The molecule has 2 amide bonds. The van der Waals surface area contributed by atoms with E-state index in [1.165, 1.54) is 55.1 Å². The van der Waals surface area contributed by atoms with Gasteiger partial charge >= 0.3 is 11.9 Å². The lowest BCUT2D eigenvalue weighted by atomic mass is 10.1. The molecule has 4 heterocycles. The first-order chi connectivity index (χ1) is 25.7. The zero-order chi connectivity index (χ0) is 37.3. The average Bonchev–Trinajstić information content (AvgIpc) is 3.90.